The Balaban J connectivity index is 1.33. The van der Waals surface area contributed by atoms with Crippen molar-refractivity contribution in [2.24, 2.45) is 11.0 Å². The lowest BCUT2D eigenvalue weighted by atomic mass is 9.88. The van der Waals surface area contributed by atoms with Gasteiger partial charge in [0.1, 0.15) is 0 Å². The second kappa shape index (κ2) is 10.7. The predicted octanol–water partition coefficient (Wildman–Crippen LogP) is 6.03. The van der Waals surface area contributed by atoms with E-state index in [1.165, 1.54) is 6.42 Å². The van der Waals surface area contributed by atoms with Gasteiger partial charge in [0.25, 0.3) is 5.91 Å². The normalized spacial score (nSPS) is 14.5. The zero-order valence-corrected chi connectivity index (χ0v) is 18.9. The lowest BCUT2D eigenvalue weighted by Gasteiger charge is -2.20. The maximum atomic E-state index is 12.5. The number of carbonyl (C=O) groups is 2. The third-order valence-electron chi connectivity index (χ3n) is 6.13. The van der Waals surface area contributed by atoms with Crippen molar-refractivity contribution in [1.29, 1.82) is 0 Å². The van der Waals surface area contributed by atoms with E-state index in [1.807, 2.05) is 49.4 Å². The van der Waals surface area contributed by atoms with Crippen molar-refractivity contribution in [2.45, 2.75) is 39.0 Å². The van der Waals surface area contributed by atoms with Crippen LogP contribution >= 0.6 is 0 Å². The first-order chi connectivity index (χ1) is 16.1. The second-order valence-corrected chi connectivity index (χ2v) is 8.48. The Labute approximate surface area is 194 Å². The van der Waals surface area contributed by atoms with Crippen molar-refractivity contribution in [1.82, 2.24) is 5.43 Å². The second-order valence-electron chi connectivity index (χ2n) is 8.48. The Morgan fingerprint density at radius 1 is 0.758 bits per heavy atom. The molecule has 0 atom stereocenters. The highest BCUT2D eigenvalue weighted by Crippen LogP contribution is 2.25. The van der Waals surface area contributed by atoms with Crippen LogP contribution in [0.1, 0.15) is 54.9 Å². The Morgan fingerprint density at radius 3 is 2.03 bits per heavy atom. The summed E-state index contributed by atoms with van der Waals surface area (Å²) in [6, 6.07) is 25.2. The highest BCUT2D eigenvalue weighted by atomic mass is 16.2. The van der Waals surface area contributed by atoms with E-state index < -0.39 is 0 Å². The monoisotopic (exact) mass is 439 g/mol. The fourth-order valence-electron chi connectivity index (χ4n) is 4.11. The van der Waals surface area contributed by atoms with E-state index in [-0.39, 0.29) is 17.7 Å². The fourth-order valence-corrected chi connectivity index (χ4v) is 4.11. The third-order valence-corrected chi connectivity index (χ3v) is 6.13. The van der Waals surface area contributed by atoms with Crippen LogP contribution in [0.25, 0.3) is 11.1 Å². The van der Waals surface area contributed by atoms with Gasteiger partial charge in [0.05, 0.1) is 5.71 Å². The van der Waals surface area contributed by atoms with Gasteiger partial charge in [-0.15, -0.1) is 0 Å². The summed E-state index contributed by atoms with van der Waals surface area (Å²) in [6.45, 7) is 1.86. The van der Waals surface area contributed by atoms with Gasteiger partial charge in [0.2, 0.25) is 5.91 Å². The van der Waals surface area contributed by atoms with Gasteiger partial charge >= 0.3 is 0 Å². The number of hydrazone groups is 1. The third kappa shape index (κ3) is 5.95. The lowest BCUT2D eigenvalue weighted by molar-refractivity contribution is -0.120. The van der Waals surface area contributed by atoms with Crippen LogP contribution in [0.5, 0.6) is 0 Å². The Bertz CT molecular complexity index is 1110. The topological polar surface area (TPSA) is 70.6 Å². The SMILES string of the molecule is CC(=NNC(=O)c1ccc(NC(=O)C2CCCCC2)cc1)c1ccc(-c2ccccc2)cc1. The van der Waals surface area contributed by atoms with E-state index in [4.69, 9.17) is 0 Å². The van der Waals surface area contributed by atoms with Crippen molar-refractivity contribution in [3.05, 3.63) is 90.0 Å². The molecule has 0 bridgehead atoms. The summed E-state index contributed by atoms with van der Waals surface area (Å²) in [5.74, 6) is -0.119. The van der Waals surface area contributed by atoms with Gasteiger partial charge in [-0.05, 0) is 60.7 Å². The number of hydrogen-bond acceptors (Lipinski definition) is 3. The summed E-state index contributed by atoms with van der Waals surface area (Å²) in [4.78, 5) is 24.9. The predicted molar refractivity (Wildman–Crippen MR) is 133 cm³/mol. The number of benzene rings is 3. The molecule has 1 aliphatic carbocycles. The van der Waals surface area contributed by atoms with E-state index >= 15 is 0 Å². The number of nitrogens with one attached hydrogen (secondary N) is 2. The number of hydrogen-bond donors (Lipinski definition) is 2. The molecule has 3 aromatic rings. The molecule has 168 valence electrons. The van der Waals surface area contributed by atoms with E-state index in [2.05, 4.69) is 28.0 Å². The largest absolute Gasteiger partial charge is 0.326 e. The molecule has 1 fully saturated rings. The molecule has 1 aliphatic rings. The number of carbonyl (C=O) groups excluding carboxylic acids is 2. The molecule has 0 spiro atoms. The van der Waals surface area contributed by atoms with Crippen molar-refractivity contribution in [3.63, 3.8) is 0 Å². The smallest absolute Gasteiger partial charge is 0.271 e. The Hall–Kier alpha value is -3.73. The van der Waals surface area contributed by atoms with Crippen LogP contribution in [0.15, 0.2) is 84.0 Å². The van der Waals surface area contributed by atoms with Crippen molar-refractivity contribution in [3.8, 4) is 11.1 Å². The van der Waals surface area contributed by atoms with Gasteiger partial charge < -0.3 is 5.32 Å². The molecule has 5 nitrogen and oxygen atoms in total. The molecular formula is C28H29N3O2. The zero-order chi connectivity index (χ0) is 23.0. The molecule has 33 heavy (non-hydrogen) atoms. The average molecular weight is 440 g/mol. The minimum atomic E-state index is -0.291. The maximum absolute atomic E-state index is 12.5. The standard InChI is InChI=1S/C28H29N3O2/c1-20(21-12-14-23(15-13-21)22-8-4-2-5-9-22)30-31-28(33)25-16-18-26(19-17-25)29-27(32)24-10-6-3-7-11-24/h2,4-5,8-9,12-19,24H,3,6-7,10-11H2,1H3,(H,29,32)(H,31,33). The van der Waals surface area contributed by atoms with Gasteiger partial charge in [-0.3, -0.25) is 9.59 Å². The summed E-state index contributed by atoms with van der Waals surface area (Å²) in [5.41, 5.74) is 7.76. The van der Waals surface area contributed by atoms with Gasteiger partial charge in [0, 0.05) is 17.2 Å². The summed E-state index contributed by atoms with van der Waals surface area (Å²) < 4.78 is 0. The molecule has 4 rings (SSSR count). The lowest BCUT2D eigenvalue weighted by Crippen LogP contribution is -2.24. The summed E-state index contributed by atoms with van der Waals surface area (Å²) in [5, 5.41) is 7.22. The molecular weight excluding hydrogens is 410 g/mol. The molecule has 0 heterocycles. The summed E-state index contributed by atoms with van der Waals surface area (Å²) in [6.07, 6.45) is 5.37. The fraction of sp³-hybridized carbons (Fsp3) is 0.250. The Morgan fingerprint density at radius 2 is 1.36 bits per heavy atom. The quantitative estimate of drug-likeness (QED) is 0.364. The number of anilines is 1. The highest BCUT2D eigenvalue weighted by Gasteiger charge is 2.21. The average Bonchev–Trinajstić information content (AvgIpc) is 2.88. The van der Waals surface area contributed by atoms with Crippen molar-refractivity contribution < 1.29 is 9.59 Å². The number of nitrogens with zero attached hydrogens (tertiary/aromatic N) is 1. The van der Waals surface area contributed by atoms with Crippen molar-refractivity contribution >= 4 is 23.2 Å². The molecule has 1 saturated carbocycles. The molecule has 0 radical (unpaired) electrons. The molecule has 5 heteroatoms. The first kappa shape index (κ1) is 22.5. The minimum absolute atomic E-state index is 0.0745. The number of amides is 2. The van der Waals surface area contributed by atoms with Gasteiger partial charge in [-0.1, -0.05) is 73.9 Å². The van der Waals surface area contributed by atoms with Gasteiger partial charge in [-0.2, -0.15) is 5.10 Å². The van der Waals surface area contributed by atoms with Gasteiger partial charge in [0.15, 0.2) is 0 Å². The summed E-state index contributed by atoms with van der Waals surface area (Å²) >= 11 is 0. The molecule has 3 aromatic carbocycles. The van der Waals surface area contributed by atoms with Crippen LogP contribution in [0, 0.1) is 5.92 Å². The van der Waals surface area contributed by atoms with E-state index in [9.17, 15) is 9.59 Å². The van der Waals surface area contributed by atoms with Crippen LogP contribution in [-0.2, 0) is 4.79 Å². The molecule has 2 N–H and O–H groups in total. The van der Waals surface area contributed by atoms with E-state index in [1.54, 1.807) is 24.3 Å². The molecule has 0 unspecified atom stereocenters. The van der Waals surface area contributed by atoms with Crippen LogP contribution in [-0.4, -0.2) is 17.5 Å². The first-order valence-electron chi connectivity index (χ1n) is 11.5. The number of rotatable bonds is 6. The zero-order valence-electron chi connectivity index (χ0n) is 18.9. The highest BCUT2D eigenvalue weighted by molar-refractivity contribution is 6.01. The van der Waals surface area contributed by atoms with Crippen LogP contribution in [0.2, 0.25) is 0 Å². The van der Waals surface area contributed by atoms with E-state index in [0.29, 0.717) is 11.3 Å². The van der Waals surface area contributed by atoms with E-state index in [0.717, 1.165) is 48.1 Å². The molecule has 0 aliphatic heterocycles. The first-order valence-corrected chi connectivity index (χ1v) is 11.5. The molecule has 2 amide bonds. The maximum Gasteiger partial charge on any atom is 0.271 e. The van der Waals surface area contributed by atoms with Gasteiger partial charge in [-0.25, -0.2) is 5.43 Å². The summed E-state index contributed by atoms with van der Waals surface area (Å²) in [7, 11) is 0. The minimum Gasteiger partial charge on any atom is -0.326 e. The van der Waals surface area contributed by atoms with Crippen LogP contribution in [0.4, 0.5) is 5.69 Å². The van der Waals surface area contributed by atoms with Crippen LogP contribution in [0.3, 0.4) is 0 Å². The van der Waals surface area contributed by atoms with Crippen molar-refractivity contribution in [2.75, 3.05) is 5.32 Å². The molecule has 0 aromatic heterocycles. The van der Waals surface area contributed by atoms with Crippen LogP contribution < -0.4 is 10.7 Å². The molecule has 0 saturated heterocycles. The Kier molecular flexibility index (Phi) is 7.30.